The van der Waals surface area contributed by atoms with Crippen LogP contribution >= 0.6 is 0 Å². The van der Waals surface area contributed by atoms with E-state index in [1.54, 1.807) is 30.5 Å². The lowest BCUT2D eigenvalue weighted by molar-refractivity contribution is 1.21. The van der Waals surface area contributed by atoms with Crippen LogP contribution in [0.15, 0.2) is 29.5 Å². The van der Waals surface area contributed by atoms with Crippen LogP contribution in [-0.4, -0.2) is 11.5 Å². The van der Waals surface area contributed by atoms with Crippen molar-refractivity contribution in [1.29, 1.82) is 5.26 Å². The standard InChI is InChI=1S/C9H7N5/c10-7-8-3-5-12-9(6-8)2-1-4-13-14-11/h1-3,5-6H,4H2. The molecule has 14 heavy (non-hydrogen) atoms. The van der Waals surface area contributed by atoms with Gasteiger partial charge in [0.25, 0.3) is 0 Å². The van der Waals surface area contributed by atoms with E-state index in [2.05, 4.69) is 15.0 Å². The molecule has 0 spiro atoms. The minimum Gasteiger partial charge on any atom is -0.257 e. The largest absolute Gasteiger partial charge is 0.257 e. The SMILES string of the molecule is N#Cc1ccnc(C=CCN=[N+]=[N-])c1. The van der Waals surface area contributed by atoms with Gasteiger partial charge in [-0.25, -0.2) is 0 Å². The summed E-state index contributed by atoms with van der Waals surface area (Å²) in [5.74, 6) is 0. The fraction of sp³-hybridized carbons (Fsp3) is 0.111. The molecule has 0 radical (unpaired) electrons. The number of hydrogen-bond acceptors (Lipinski definition) is 3. The minimum absolute atomic E-state index is 0.287. The van der Waals surface area contributed by atoms with Crippen LogP contribution in [0, 0.1) is 11.3 Å². The van der Waals surface area contributed by atoms with E-state index >= 15 is 0 Å². The molecule has 0 aliphatic carbocycles. The second-order valence-corrected chi connectivity index (χ2v) is 2.40. The first-order chi connectivity index (χ1) is 6.86. The quantitative estimate of drug-likeness (QED) is 0.411. The molecule has 0 atom stereocenters. The molecule has 0 saturated heterocycles. The van der Waals surface area contributed by atoms with Crippen LogP contribution in [0.1, 0.15) is 11.3 Å². The molecular formula is C9H7N5. The number of rotatable bonds is 3. The van der Waals surface area contributed by atoms with Gasteiger partial charge < -0.3 is 0 Å². The zero-order valence-corrected chi connectivity index (χ0v) is 7.33. The predicted octanol–water partition coefficient (Wildman–Crippen LogP) is 2.28. The molecule has 0 unspecified atom stereocenters. The van der Waals surface area contributed by atoms with Crippen LogP contribution in [0.2, 0.25) is 0 Å². The van der Waals surface area contributed by atoms with E-state index in [0.717, 1.165) is 0 Å². The molecule has 0 amide bonds. The van der Waals surface area contributed by atoms with Crippen LogP contribution < -0.4 is 0 Å². The van der Waals surface area contributed by atoms with E-state index in [4.69, 9.17) is 10.8 Å². The number of hydrogen-bond donors (Lipinski definition) is 0. The topological polar surface area (TPSA) is 85.4 Å². The Morgan fingerprint density at radius 1 is 1.71 bits per heavy atom. The Bertz CT molecular complexity index is 423. The highest BCUT2D eigenvalue weighted by atomic mass is 15.1. The van der Waals surface area contributed by atoms with Crippen LogP contribution in [-0.2, 0) is 0 Å². The highest BCUT2D eigenvalue weighted by Gasteiger charge is 1.90. The zero-order chi connectivity index (χ0) is 10.2. The molecule has 5 heteroatoms. The monoisotopic (exact) mass is 185 g/mol. The van der Waals surface area contributed by atoms with Gasteiger partial charge in [-0.3, -0.25) is 4.98 Å². The van der Waals surface area contributed by atoms with Crippen molar-refractivity contribution in [2.24, 2.45) is 5.11 Å². The second-order valence-electron chi connectivity index (χ2n) is 2.40. The fourth-order valence-electron chi connectivity index (χ4n) is 0.866. The van der Waals surface area contributed by atoms with Gasteiger partial charge in [0, 0.05) is 17.7 Å². The summed E-state index contributed by atoms with van der Waals surface area (Å²) < 4.78 is 0. The van der Waals surface area contributed by atoms with Crippen molar-refractivity contribution in [3.63, 3.8) is 0 Å². The number of nitrogens with zero attached hydrogens (tertiary/aromatic N) is 5. The lowest BCUT2D eigenvalue weighted by atomic mass is 10.2. The maximum atomic E-state index is 8.60. The molecule has 1 rings (SSSR count). The molecule has 1 aromatic rings. The Balaban J connectivity index is 2.72. The Hall–Kier alpha value is -2.31. The van der Waals surface area contributed by atoms with Gasteiger partial charge >= 0.3 is 0 Å². The average Bonchev–Trinajstić information content (AvgIpc) is 2.25. The van der Waals surface area contributed by atoms with Gasteiger partial charge in [0.05, 0.1) is 17.3 Å². The van der Waals surface area contributed by atoms with Gasteiger partial charge in [0.1, 0.15) is 0 Å². The lowest BCUT2D eigenvalue weighted by Crippen LogP contribution is -1.82. The van der Waals surface area contributed by atoms with Crippen molar-refractivity contribution < 1.29 is 0 Å². The molecule has 0 aromatic carbocycles. The summed E-state index contributed by atoms with van der Waals surface area (Å²) in [6.07, 6.45) is 4.95. The summed E-state index contributed by atoms with van der Waals surface area (Å²) >= 11 is 0. The first-order valence-electron chi connectivity index (χ1n) is 3.90. The van der Waals surface area contributed by atoms with E-state index < -0.39 is 0 Å². The first-order valence-corrected chi connectivity index (χ1v) is 3.90. The van der Waals surface area contributed by atoms with Crippen molar-refractivity contribution >= 4 is 6.08 Å². The summed E-state index contributed by atoms with van der Waals surface area (Å²) in [4.78, 5) is 6.61. The number of nitriles is 1. The maximum absolute atomic E-state index is 8.60. The zero-order valence-electron chi connectivity index (χ0n) is 7.33. The minimum atomic E-state index is 0.287. The van der Waals surface area contributed by atoms with Crippen molar-refractivity contribution in [2.75, 3.05) is 6.54 Å². The molecule has 0 fully saturated rings. The first kappa shape index (κ1) is 9.78. The van der Waals surface area contributed by atoms with Crippen LogP contribution in [0.25, 0.3) is 16.5 Å². The average molecular weight is 185 g/mol. The molecular weight excluding hydrogens is 178 g/mol. The molecule has 0 N–H and O–H groups in total. The summed E-state index contributed by atoms with van der Waals surface area (Å²) in [6, 6.07) is 5.30. The van der Waals surface area contributed by atoms with E-state index in [1.807, 2.05) is 6.07 Å². The van der Waals surface area contributed by atoms with Crippen LogP contribution in [0.5, 0.6) is 0 Å². The normalized spacial score (nSPS) is 9.36. The van der Waals surface area contributed by atoms with Gasteiger partial charge in [0.15, 0.2) is 0 Å². The van der Waals surface area contributed by atoms with Gasteiger partial charge in [0.2, 0.25) is 0 Å². The van der Waals surface area contributed by atoms with Crippen LogP contribution in [0.3, 0.4) is 0 Å². The number of azide groups is 1. The summed E-state index contributed by atoms with van der Waals surface area (Å²) in [7, 11) is 0. The summed E-state index contributed by atoms with van der Waals surface area (Å²) in [5, 5.41) is 11.9. The fourth-order valence-corrected chi connectivity index (χ4v) is 0.866. The third-order valence-corrected chi connectivity index (χ3v) is 1.45. The molecule has 0 bridgehead atoms. The Kier molecular flexibility index (Phi) is 3.74. The summed E-state index contributed by atoms with van der Waals surface area (Å²) in [6.45, 7) is 0.287. The molecule has 0 aliphatic rings. The lowest BCUT2D eigenvalue weighted by Gasteiger charge is -1.91. The smallest absolute Gasteiger partial charge is 0.0992 e. The molecule has 0 aliphatic heterocycles. The van der Waals surface area contributed by atoms with E-state index in [0.29, 0.717) is 11.3 Å². The Morgan fingerprint density at radius 3 is 3.29 bits per heavy atom. The van der Waals surface area contributed by atoms with Crippen LogP contribution in [0.4, 0.5) is 0 Å². The number of pyridine rings is 1. The summed E-state index contributed by atoms with van der Waals surface area (Å²) in [5.41, 5.74) is 9.25. The Labute approximate surface area is 80.9 Å². The molecule has 68 valence electrons. The van der Waals surface area contributed by atoms with Gasteiger partial charge in [-0.15, -0.1) is 0 Å². The van der Waals surface area contributed by atoms with Gasteiger partial charge in [-0.05, 0) is 23.7 Å². The van der Waals surface area contributed by atoms with E-state index in [9.17, 15) is 0 Å². The molecule has 1 aromatic heterocycles. The Morgan fingerprint density at radius 2 is 2.57 bits per heavy atom. The molecule has 1 heterocycles. The van der Waals surface area contributed by atoms with Crippen molar-refractivity contribution in [2.45, 2.75) is 0 Å². The predicted molar refractivity (Wildman–Crippen MR) is 52.0 cm³/mol. The van der Waals surface area contributed by atoms with Crippen molar-refractivity contribution in [3.8, 4) is 6.07 Å². The maximum Gasteiger partial charge on any atom is 0.0992 e. The van der Waals surface area contributed by atoms with Crippen molar-refractivity contribution in [1.82, 2.24) is 4.98 Å². The third kappa shape index (κ3) is 2.97. The second kappa shape index (κ2) is 5.36. The molecule has 0 saturated carbocycles. The highest BCUT2D eigenvalue weighted by molar-refractivity contribution is 5.47. The van der Waals surface area contributed by atoms with Crippen molar-refractivity contribution in [3.05, 3.63) is 46.1 Å². The van der Waals surface area contributed by atoms with E-state index in [1.165, 1.54) is 0 Å². The third-order valence-electron chi connectivity index (χ3n) is 1.45. The van der Waals surface area contributed by atoms with E-state index in [-0.39, 0.29) is 6.54 Å². The van der Waals surface area contributed by atoms with Gasteiger partial charge in [-0.1, -0.05) is 11.2 Å². The van der Waals surface area contributed by atoms with Gasteiger partial charge in [-0.2, -0.15) is 5.26 Å². The highest BCUT2D eigenvalue weighted by Crippen LogP contribution is 2.01. The molecule has 5 nitrogen and oxygen atoms in total. The number of aromatic nitrogens is 1.